The summed E-state index contributed by atoms with van der Waals surface area (Å²) in [5.74, 6) is -1.51. The van der Waals surface area contributed by atoms with Crippen molar-refractivity contribution < 1.29 is 24.3 Å². The van der Waals surface area contributed by atoms with Gasteiger partial charge >= 0.3 is 6.03 Å². The van der Waals surface area contributed by atoms with Crippen LogP contribution in [0, 0.1) is 5.92 Å². The lowest BCUT2D eigenvalue weighted by Crippen LogP contribution is -2.46. The molecule has 1 saturated carbocycles. The Bertz CT molecular complexity index is 770. The molecule has 29 heavy (non-hydrogen) atoms. The summed E-state index contributed by atoms with van der Waals surface area (Å²) in [4.78, 5) is 54.6. The Morgan fingerprint density at radius 2 is 2.14 bits per heavy atom. The lowest BCUT2D eigenvalue weighted by atomic mass is 10.1. The smallest absolute Gasteiger partial charge is 0.325 e. The molecule has 0 unspecified atom stereocenters. The van der Waals surface area contributed by atoms with Gasteiger partial charge in [-0.15, -0.1) is 0 Å². The first-order valence-corrected chi connectivity index (χ1v) is 9.55. The molecule has 0 spiro atoms. The number of imide groups is 1. The van der Waals surface area contributed by atoms with E-state index in [1.54, 1.807) is 18.1 Å². The van der Waals surface area contributed by atoms with Gasteiger partial charge in [-0.1, -0.05) is 6.07 Å². The maximum Gasteiger partial charge on any atom is 0.325 e. The van der Waals surface area contributed by atoms with Gasteiger partial charge in [-0.2, -0.15) is 0 Å². The Hall–Kier alpha value is -3.01. The molecule has 10 heteroatoms. The first kappa shape index (κ1) is 20.7. The van der Waals surface area contributed by atoms with Gasteiger partial charge in [0.05, 0.1) is 18.7 Å². The van der Waals surface area contributed by atoms with E-state index < -0.39 is 42.5 Å². The topological polar surface area (TPSA) is 132 Å². The van der Waals surface area contributed by atoms with Gasteiger partial charge in [0, 0.05) is 37.8 Å². The molecule has 1 aromatic heterocycles. The van der Waals surface area contributed by atoms with E-state index in [0.29, 0.717) is 19.4 Å². The number of aliphatic hydroxyl groups is 1. The van der Waals surface area contributed by atoms with Gasteiger partial charge in [0.1, 0.15) is 6.54 Å². The summed E-state index contributed by atoms with van der Waals surface area (Å²) in [7, 11) is 1.71. The predicted octanol–water partition coefficient (Wildman–Crippen LogP) is -1.11. The number of nitrogens with one attached hydrogen (secondary N) is 2. The molecule has 1 aromatic rings. The van der Waals surface area contributed by atoms with E-state index in [4.69, 9.17) is 0 Å². The lowest BCUT2D eigenvalue weighted by molar-refractivity contribution is -0.134. The third-order valence-electron chi connectivity index (χ3n) is 5.27. The number of hydrogen-bond donors (Lipinski definition) is 3. The predicted molar refractivity (Wildman–Crippen MR) is 101 cm³/mol. The molecule has 3 N–H and O–H groups in total. The SMILES string of the molecule is CN(CCc1ccccn1)C(=O)[C@@H]1C[C@@H](O)[C@H](NC(=O)CN2C(=O)CNC2=O)C1. The van der Waals surface area contributed by atoms with Crippen molar-refractivity contribution in [2.45, 2.75) is 31.4 Å². The molecule has 1 aliphatic heterocycles. The molecule has 0 aromatic carbocycles. The first-order valence-electron chi connectivity index (χ1n) is 9.55. The molecule has 2 fully saturated rings. The second-order valence-corrected chi connectivity index (χ2v) is 7.38. The summed E-state index contributed by atoms with van der Waals surface area (Å²) >= 11 is 0. The van der Waals surface area contributed by atoms with Gasteiger partial charge in [-0.05, 0) is 25.0 Å². The molecule has 0 bridgehead atoms. The number of aliphatic hydroxyl groups excluding tert-OH is 1. The minimum atomic E-state index is -0.861. The fourth-order valence-electron chi connectivity index (χ4n) is 3.63. The van der Waals surface area contributed by atoms with E-state index in [0.717, 1.165) is 10.6 Å². The number of hydrogen-bond acceptors (Lipinski definition) is 6. The maximum atomic E-state index is 12.7. The third kappa shape index (κ3) is 5.08. The zero-order chi connectivity index (χ0) is 21.0. The highest BCUT2D eigenvalue weighted by Gasteiger charge is 2.39. The Kier molecular flexibility index (Phi) is 6.42. The number of aromatic nitrogens is 1. The molecule has 0 radical (unpaired) electrons. The van der Waals surface area contributed by atoms with Crippen LogP contribution in [0.4, 0.5) is 4.79 Å². The normalized spacial score (nSPS) is 23.8. The average Bonchev–Trinajstić information content (AvgIpc) is 3.23. The Morgan fingerprint density at radius 3 is 2.79 bits per heavy atom. The molecule has 3 rings (SSSR count). The van der Waals surface area contributed by atoms with E-state index in [-0.39, 0.29) is 18.9 Å². The zero-order valence-corrected chi connectivity index (χ0v) is 16.2. The number of likely N-dealkylation sites (N-methyl/N-ethyl adjacent to an activating group) is 1. The number of urea groups is 1. The number of carbonyl (C=O) groups is 4. The van der Waals surface area contributed by atoms with E-state index in [9.17, 15) is 24.3 Å². The van der Waals surface area contributed by atoms with Crippen LogP contribution in [0.3, 0.4) is 0 Å². The van der Waals surface area contributed by atoms with Gasteiger partial charge in [-0.25, -0.2) is 4.79 Å². The highest BCUT2D eigenvalue weighted by molar-refractivity contribution is 6.04. The van der Waals surface area contributed by atoms with Crippen LogP contribution in [0.5, 0.6) is 0 Å². The summed E-state index contributed by atoms with van der Waals surface area (Å²) in [5.41, 5.74) is 0.893. The molecular weight excluding hydrogens is 378 g/mol. The molecule has 156 valence electrons. The number of nitrogens with zero attached hydrogens (tertiary/aromatic N) is 3. The van der Waals surface area contributed by atoms with Crippen molar-refractivity contribution >= 4 is 23.8 Å². The van der Waals surface area contributed by atoms with Gasteiger partial charge in [0.25, 0.3) is 5.91 Å². The molecule has 2 aliphatic rings. The maximum absolute atomic E-state index is 12.7. The van der Waals surface area contributed by atoms with Crippen molar-refractivity contribution in [2.75, 3.05) is 26.7 Å². The summed E-state index contributed by atoms with van der Waals surface area (Å²) in [6.07, 6.45) is 2.03. The molecule has 2 heterocycles. The second kappa shape index (κ2) is 8.99. The van der Waals surface area contributed by atoms with Crippen LogP contribution in [0.2, 0.25) is 0 Å². The van der Waals surface area contributed by atoms with Crippen LogP contribution >= 0.6 is 0 Å². The second-order valence-electron chi connectivity index (χ2n) is 7.38. The van der Waals surface area contributed by atoms with Crippen LogP contribution in [0.1, 0.15) is 18.5 Å². The van der Waals surface area contributed by atoms with Crippen LogP contribution in [0.15, 0.2) is 24.4 Å². The van der Waals surface area contributed by atoms with E-state index >= 15 is 0 Å². The van der Waals surface area contributed by atoms with Crippen LogP contribution in [-0.4, -0.2) is 82.5 Å². The van der Waals surface area contributed by atoms with E-state index in [2.05, 4.69) is 15.6 Å². The quantitative estimate of drug-likeness (QED) is 0.495. The molecule has 1 aliphatic carbocycles. The summed E-state index contributed by atoms with van der Waals surface area (Å²) < 4.78 is 0. The van der Waals surface area contributed by atoms with Crippen molar-refractivity contribution in [1.82, 2.24) is 25.4 Å². The summed E-state index contributed by atoms with van der Waals surface area (Å²) in [6, 6.07) is 4.42. The van der Waals surface area contributed by atoms with Crippen LogP contribution < -0.4 is 10.6 Å². The van der Waals surface area contributed by atoms with Gasteiger partial charge in [0.2, 0.25) is 11.8 Å². The highest BCUT2D eigenvalue weighted by atomic mass is 16.3. The standard InChI is InChI=1S/C19H25N5O5/c1-23(7-5-13-4-2-3-6-20-13)18(28)12-8-14(15(25)9-12)22-16(26)11-24-17(27)10-21-19(24)29/h2-4,6,12,14-15,25H,5,7-11H2,1H3,(H,21,29)(H,22,26)/t12-,14+,15+/m0/s1. The largest absolute Gasteiger partial charge is 0.391 e. The Labute approximate surface area is 168 Å². The van der Waals surface area contributed by atoms with Crippen molar-refractivity contribution in [3.63, 3.8) is 0 Å². The fraction of sp³-hybridized carbons (Fsp3) is 0.526. The van der Waals surface area contributed by atoms with Gasteiger partial charge in [-0.3, -0.25) is 24.3 Å². The molecule has 3 atom stereocenters. The molecular formula is C19H25N5O5. The van der Waals surface area contributed by atoms with Crippen molar-refractivity contribution in [3.8, 4) is 0 Å². The minimum absolute atomic E-state index is 0.0918. The Balaban J connectivity index is 1.47. The number of pyridine rings is 1. The van der Waals surface area contributed by atoms with E-state index in [1.807, 2.05) is 18.2 Å². The van der Waals surface area contributed by atoms with Gasteiger partial charge in [0.15, 0.2) is 0 Å². The number of amides is 5. The van der Waals surface area contributed by atoms with Gasteiger partial charge < -0.3 is 20.6 Å². The van der Waals surface area contributed by atoms with Crippen molar-refractivity contribution in [3.05, 3.63) is 30.1 Å². The third-order valence-corrected chi connectivity index (χ3v) is 5.27. The lowest BCUT2D eigenvalue weighted by Gasteiger charge is -2.21. The number of rotatable bonds is 7. The van der Waals surface area contributed by atoms with Crippen LogP contribution in [-0.2, 0) is 20.8 Å². The summed E-state index contributed by atoms with van der Waals surface area (Å²) in [5, 5.41) is 15.2. The summed E-state index contributed by atoms with van der Waals surface area (Å²) in [6.45, 7) is -0.0261. The highest BCUT2D eigenvalue weighted by Crippen LogP contribution is 2.27. The van der Waals surface area contributed by atoms with Crippen molar-refractivity contribution in [2.24, 2.45) is 5.92 Å². The van der Waals surface area contributed by atoms with Crippen LogP contribution in [0.25, 0.3) is 0 Å². The average molecular weight is 403 g/mol. The monoisotopic (exact) mass is 403 g/mol. The Morgan fingerprint density at radius 1 is 1.34 bits per heavy atom. The number of carbonyl (C=O) groups excluding carboxylic acids is 4. The van der Waals surface area contributed by atoms with Crippen molar-refractivity contribution in [1.29, 1.82) is 0 Å². The molecule has 1 saturated heterocycles. The molecule has 10 nitrogen and oxygen atoms in total. The fourth-order valence-corrected chi connectivity index (χ4v) is 3.63. The first-order chi connectivity index (χ1) is 13.8. The molecule has 5 amide bonds. The zero-order valence-electron chi connectivity index (χ0n) is 16.2. The minimum Gasteiger partial charge on any atom is -0.391 e. The van der Waals surface area contributed by atoms with E-state index in [1.165, 1.54) is 0 Å².